The fourth-order valence-corrected chi connectivity index (χ4v) is 3.80. The Hall–Kier alpha value is -2.90. The van der Waals surface area contributed by atoms with Gasteiger partial charge in [0.2, 0.25) is 0 Å². The number of oxazole rings is 1. The molecule has 1 fully saturated rings. The molecular weight excluding hydrogens is 406 g/mol. The van der Waals surface area contributed by atoms with Gasteiger partial charge in [-0.05, 0) is 62.3 Å². The lowest BCUT2D eigenvalue weighted by Gasteiger charge is -2.31. The van der Waals surface area contributed by atoms with Crippen LogP contribution in [0.3, 0.4) is 0 Å². The monoisotopic (exact) mass is 427 g/mol. The van der Waals surface area contributed by atoms with Gasteiger partial charge in [0.05, 0.1) is 5.69 Å². The van der Waals surface area contributed by atoms with Crippen LogP contribution in [0.4, 0.5) is 10.5 Å². The number of nitrogens with zero attached hydrogens (tertiary/aromatic N) is 2. The number of hydrogen-bond acceptors (Lipinski definition) is 6. The second kappa shape index (κ2) is 9.28. The summed E-state index contributed by atoms with van der Waals surface area (Å²) in [5.74, 6) is 0.193. The maximum absolute atomic E-state index is 12.6. The molecule has 0 unspecified atom stereocenters. The van der Waals surface area contributed by atoms with Crippen molar-refractivity contribution in [2.24, 2.45) is 5.92 Å². The summed E-state index contributed by atoms with van der Waals surface area (Å²) in [7, 11) is 0. The third-order valence-electron chi connectivity index (χ3n) is 5.32. The molecule has 3 aromatic rings. The molecule has 8 heteroatoms. The minimum absolute atomic E-state index is 0.0228. The van der Waals surface area contributed by atoms with Crippen LogP contribution in [-0.4, -0.2) is 48.0 Å². The van der Waals surface area contributed by atoms with Crippen LogP contribution in [0, 0.1) is 5.92 Å². The van der Waals surface area contributed by atoms with Gasteiger partial charge in [0.25, 0.3) is 0 Å². The lowest BCUT2D eigenvalue weighted by Crippen LogP contribution is -2.38. The number of ether oxygens (including phenoxy) is 1. The predicted octanol–water partition coefficient (Wildman–Crippen LogP) is 4.62. The maximum atomic E-state index is 12.6. The van der Waals surface area contributed by atoms with Gasteiger partial charge in [-0.25, -0.2) is 9.78 Å². The van der Waals surface area contributed by atoms with E-state index in [1.54, 1.807) is 42.5 Å². The van der Waals surface area contributed by atoms with Crippen LogP contribution < -0.4 is 5.32 Å². The van der Waals surface area contributed by atoms with Crippen LogP contribution in [0.2, 0.25) is 5.02 Å². The quantitative estimate of drug-likeness (QED) is 0.577. The molecule has 1 amide bonds. The van der Waals surface area contributed by atoms with Crippen molar-refractivity contribution in [1.29, 1.82) is 0 Å². The number of fused-ring (bicyclic) bond motifs is 1. The average Bonchev–Trinajstić information content (AvgIpc) is 3.24. The molecule has 0 atom stereocenters. The molecule has 0 spiro atoms. The molecule has 156 valence electrons. The van der Waals surface area contributed by atoms with Crippen molar-refractivity contribution >= 4 is 40.3 Å². The zero-order chi connectivity index (χ0) is 20.9. The molecule has 1 aliphatic heterocycles. The molecule has 4 rings (SSSR count). The second-order valence-corrected chi connectivity index (χ2v) is 7.69. The largest absolute Gasteiger partial charge is 0.448 e. The number of halogens is 1. The molecule has 2 aromatic carbocycles. The summed E-state index contributed by atoms with van der Waals surface area (Å²) in [6.45, 7) is 2.50. The van der Waals surface area contributed by atoms with Gasteiger partial charge in [0.15, 0.2) is 17.8 Å². The topological polar surface area (TPSA) is 84.7 Å². The van der Waals surface area contributed by atoms with E-state index in [0.29, 0.717) is 33.9 Å². The Kier molecular flexibility index (Phi) is 6.30. The lowest BCUT2D eigenvalue weighted by atomic mass is 9.89. The first-order valence-electron chi connectivity index (χ1n) is 9.88. The van der Waals surface area contributed by atoms with Crippen LogP contribution in [0.1, 0.15) is 23.2 Å². The smallest absolute Gasteiger partial charge is 0.411 e. The first-order valence-corrected chi connectivity index (χ1v) is 10.3. The summed E-state index contributed by atoms with van der Waals surface area (Å²) in [6.07, 6.45) is 2.39. The predicted molar refractivity (Wildman–Crippen MR) is 114 cm³/mol. The second-order valence-electron chi connectivity index (χ2n) is 7.25. The number of likely N-dealkylation sites (tertiary alicyclic amines) is 1. The highest BCUT2D eigenvalue weighted by Crippen LogP contribution is 2.23. The molecular formula is C22H22ClN3O4. The Morgan fingerprint density at radius 2 is 1.93 bits per heavy atom. The number of ketones is 1. The Bertz CT molecular complexity index is 1030. The third kappa shape index (κ3) is 4.80. The number of Topliss-reactive ketones (excluding diaryl/α,β-unsaturated/α-hetero) is 1. The first-order chi connectivity index (χ1) is 14.6. The molecule has 0 saturated carbocycles. The summed E-state index contributed by atoms with van der Waals surface area (Å²) >= 11 is 5.89. The van der Waals surface area contributed by atoms with Crippen molar-refractivity contribution in [2.75, 3.05) is 31.6 Å². The van der Waals surface area contributed by atoms with Gasteiger partial charge in [0, 0.05) is 23.0 Å². The van der Waals surface area contributed by atoms with Crippen LogP contribution in [-0.2, 0) is 4.74 Å². The Labute approximate surface area is 179 Å². The molecule has 1 N–H and O–H groups in total. The SMILES string of the molecule is O=C(Nc1cccc2ocnc12)OCCN1CCC(C(=O)c2ccc(Cl)cc2)CC1. The van der Waals surface area contributed by atoms with Crippen molar-refractivity contribution in [2.45, 2.75) is 12.8 Å². The van der Waals surface area contributed by atoms with Crippen molar-refractivity contribution in [1.82, 2.24) is 9.88 Å². The number of carbonyl (C=O) groups excluding carboxylic acids is 2. The van der Waals surface area contributed by atoms with Crippen molar-refractivity contribution < 1.29 is 18.7 Å². The number of piperidine rings is 1. The number of amides is 1. The fraction of sp³-hybridized carbons (Fsp3) is 0.318. The van der Waals surface area contributed by atoms with E-state index in [1.165, 1.54) is 6.39 Å². The van der Waals surface area contributed by atoms with Gasteiger partial charge in [0.1, 0.15) is 12.1 Å². The fourth-order valence-electron chi connectivity index (χ4n) is 3.67. The van der Waals surface area contributed by atoms with Gasteiger partial charge in [-0.15, -0.1) is 0 Å². The summed E-state index contributed by atoms with van der Waals surface area (Å²) in [4.78, 5) is 31.0. The van der Waals surface area contributed by atoms with E-state index in [1.807, 2.05) is 0 Å². The number of rotatable bonds is 6. The number of benzene rings is 2. The molecule has 7 nitrogen and oxygen atoms in total. The number of aromatic nitrogens is 1. The zero-order valence-corrected chi connectivity index (χ0v) is 17.1. The molecule has 2 heterocycles. The average molecular weight is 428 g/mol. The molecule has 30 heavy (non-hydrogen) atoms. The van der Waals surface area contributed by atoms with E-state index in [9.17, 15) is 9.59 Å². The lowest BCUT2D eigenvalue weighted by molar-refractivity contribution is 0.0813. The molecule has 0 radical (unpaired) electrons. The Balaban J connectivity index is 1.19. The van der Waals surface area contributed by atoms with E-state index < -0.39 is 6.09 Å². The minimum atomic E-state index is -0.529. The molecule has 1 aliphatic rings. The van der Waals surface area contributed by atoms with Crippen LogP contribution in [0.5, 0.6) is 0 Å². The number of anilines is 1. The summed E-state index contributed by atoms with van der Waals surface area (Å²) in [6, 6.07) is 12.4. The van der Waals surface area contributed by atoms with Gasteiger partial charge in [-0.2, -0.15) is 0 Å². The zero-order valence-electron chi connectivity index (χ0n) is 16.3. The summed E-state index contributed by atoms with van der Waals surface area (Å²) < 4.78 is 10.5. The minimum Gasteiger partial charge on any atom is -0.448 e. The molecule has 0 aliphatic carbocycles. The van der Waals surface area contributed by atoms with E-state index in [-0.39, 0.29) is 18.3 Å². The Morgan fingerprint density at radius 3 is 2.70 bits per heavy atom. The summed E-state index contributed by atoms with van der Waals surface area (Å²) in [5.41, 5.74) is 2.44. The highest BCUT2D eigenvalue weighted by Gasteiger charge is 2.25. The molecule has 1 saturated heterocycles. The highest BCUT2D eigenvalue weighted by molar-refractivity contribution is 6.30. The van der Waals surface area contributed by atoms with E-state index in [0.717, 1.165) is 25.9 Å². The van der Waals surface area contributed by atoms with Gasteiger partial charge in [-0.1, -0.05) is 17.7 Å². The highest BCUT2D eigenvalue weighted by atomic mass is 35.5. The van der Waals surface area contributed by atoms with Crippen molar-refractivity contribution in [3.05, 3.63) is 59.4 Å². The van der Waals surface area contributed by atoms with E-state index >= 15 is 0 Å². The van der Waals surface area contributed by atoms with E-state index in [2.05, 4.69) is 15.2 Å². The first kappa shape index (κ1) is 20.4. The number of para-hydroxylation sites is 1. The number of nitrogens with one attached hydrogen (secondary N) is 1. The normalized spacial score (nSPS) is 15.2. The van der Waals surface area contributed by atoms with Crippen LogP contribution in [0.15, 0.2) is 53.3 Å². The maximum Gasteiger partial charge on any atom is 0.411 e. The van der Waals surface area contributed by atoms with Gasteiger partial charge >= 0.3 is 6.09 Å². The van der Waals surface area contributed by atoms with Crippen molar-refractivity contribution in [3.8, 4) is 0 Å². The van der Waals surface area contributed by atoms with Gasteiger partial charge < -0.3 is 9.15 Å². The number of carbonyl (C=O) groups is 2. The van der Waals surface area contributed by atoms with Gasteiger partial charge in [-0.3, -0.25) is 15.0 Å². The van der Waals surface area contributed by atoms with Crippen LogP contribution in [0.25, 0.3) is 11.1 Å². The van der Waals surface area contributed by atoms with Crippen LogP contribution >= 0.6 is 11.6 Å². The van der Waals surface area contributed by atoms with Crippen molar-refractivity contribution in [3.63, 3.8) is 0 Å². The molecule has 1 aromatic heterocycles. The standard InChI is InChI=1S/C22H22ClN3O4/c23-17-6-4-15(5-7-17)21(27)16-8-10-26(11-9-16)12-13-29-22(28)25-18-2-1-3-19-20(18)24-14-30-19/h1-7,14,16H,8-13H2,(H,25,28). The Morgan fingerprint density at radius 1 is 1.17 bits per heavy atom. The third-order valence-corrected chi connectivity index (χ3v) is 5.58. The summed E-state index contributed by atoms with van der Waals surface area (Å²) in [5, 5.41) is 3.32. The molecule has 0 bridgehead atoms. The van der Waals surface area contributed by atoms with E-state index in [4.69, 9.17) is 20.8 Å². The number of hydrogen-bond donors (Lipinski definition) is 1.